The Hall–Kier alpha value is -1.20. The molecule has 1 fully saturated rings. The SMILES string of the molecule is CN1CCN(Cc2nccc(N)n2)CC1. The molecule has 5 heteroatoms. The summed E-state index contributed by atoms with van der Waals surface area (Å²) < 4.78 is 0. The third-order valence-electron chi connectivity index (χ3n) is 2.69. The molecule has 1 saturated heterocycles. The van der Waals surface area contributed by atoms with E-state index in [0.29, 0.717) is 5.82 Å². The molecule has 0 unspecified atom stereocenters. The number of nitrogens with zero attached hydrogens (tertiary/aromatic N) is 4. The molecule has 5 nitrogen and oxygen atoms in total. The summed E-state index contributed by atoms with van der Waals surface area (Å²) in [5, 5.41) is 0. The monoisotopic (exact) mass is 207 g/mol. The van der Waals surface area contributed by atoms with Crippen LogP contribution >= 0.6 is 0 Å². The first kappa shape index (κ1) is 10.3. The van der Waals surface area contributed by atoms with Gasteiger partial charge < -0.3 is 10.6 Å². The second-order valence-electron chi connectivity index (χ2n) is 3.98. The molecule has 1 aliphatic heterocycles. The number of nitrogens with two attached hydrogens (primary N) is 1. The molecule has 0 saturated carbocycles. The molecule has 1 aliphatic rings. The van der Waals surface area contributed by atoms with Crippen molar-refractivity contribution in [3.63, 3.8) is 0 Å². The average molecular weight is 207 g/mol. The van der Waals surface area contributed by atoms with Gasteiger partial charge in [0.2, 0.25) is 0 Å². The van der Waals surface area contributed by atoms with Crippen molar-refractivity contribution in [1.82, 2.24) is 19.8 Å². The number of aromatic nitrogens is 2. The molecule has 2 N–H and O–H groups in total. The molecule has 1 aromatic heterocycles. The highest BCUT2D eigenvalue weighted by Crippen LogP contribution is 2.04. The lowest BCUT2D eigenvalue weighted by Crippen LogP contribution is -2.44. The molecule has 1 aromatic rings. The number of rotatable bonds is 2. The summed E-state index contributed by atoms with van der Waals surface area (Å²) in [5.74, 6) is 1.37. The Morgan fingerprint density at radius 2 is 2.07 bits per heavy atom. The van der Waals surface area contributed by atoms with Gasteiger partial charge in [0.1, 0.15) is 11.6 Å². The lowest BCUT2D eigenvalue weighted by Gasteiger charge is -2.31. The van der Waals surface area contributed by atoms with Gasteiger partial charge in [0, 0.05) is 32.4 Å². The minimum Gasteiger partial charge on any atom is -0.384 e. The van der Waals surface area contributed by atoms with Crippen LogP contribution in [-0.2, 0) is 6.54 Å². The van der Waals surface area contributed by atoms with Gasteiger partial charge in [-0.1, -0.05) is 0 Å². The Morgan fingerprint density at radius 3 is 2.73 bits per heavy atom. The van der Waals surface area contributed by atoms with E-state index >= 15 is 0 Å². The van der Waals surface area contributed by atoms with Crippen molar-refractivity contribution < 1.29 is 0 Å². The molecule has 2 rings (SSSR count). The van der Waals surface area contributed by atoms with Gasteiger partial charge in [-0.15, -0.1) is 0 Å². The number of hydrogen-bond donors (Lipinski definition) is 1. The van der Waals surface area contributed by atoms with E-state index in [2.05, 4.69) is 26.8 Å². The first-order chi connectivity index (χ1) is 7.24. The Labute approximate surface area is 89.9 Å². The Kier molecular flexibility index (Phi) is 3.13. The molecule has 0 bridgehead atoms. The average Bonchev–Trinajstić information content (AvgIpc) is 2.22. The van der Waals surface area contributed by atoms with Gasteiger partial charge in [-0.05, 0) is 13.1 Å². The maximum Gasteiger partial charge on any atom is 0.144 e. The first-order valence-corrected chi connectivity index (χ1v) is 5.22. The zero-order chi connectivity index (χ0) is 10.7. The molecular formula is C10H17N5. The van der Waals surface area contributed by atoms with Gasteiger partial charge in [-0.25, -0.2) is 9.97 Å². The predicted molar refractivity (Wildman–Crippen MR) is 59.2 cm³/mol. The van der Waals surface area contributed by atoms with Crippen molar-refractivity contribution in [3.05, 3.63) is 18.1 Å². The molecule has 82 valence electrons. The van der Waals surface area contributed by atoms with Crippen LogP contribution in [0.4, 0.5) is 5.82 Å². The minimum absolute atomic E-state index is 0.550. The van der Waals surface area contributed by atoms with Gasteiger partial charge >= 0.3 is 0 Å². The Morgan fingerprint density at radius 1 is 1.33 bits per heavy atom. The summed E-state index contributed by atoms with van der Waals surface area (Å²) in [6.45, 7) is 5.19. The van der Waals surface area contributed by atoms with E-state index < -0.39 is 0 Å². The van der Waals surface area contributed by atoms with Crippen molar-refractivity contribution >= 4 is 5.82 Å². The van der Waals surface area contributed by atoms with E-state index in [1.165, 1.54) is 0 Å². The summed E-state index contributed by atoms with van der Waals surface area (Å²) >= 11 is 0. The van der Waals surface area contributed by atoms with Gasteiger partial charge in [-0.3, -0.25) is 4.90 Å². The van der Waals surface area contributed by atoms with Gasteiger partial charge in [-0.2, -0.15) is 0 Å². The second-order valence-corrected chi connectivity index (χ2v) is 3.98. The maximum atomic E-state index is 5.61. The quantitative estimate of drug-likeness (QED) is 0.728. The van der Waals surface area contributed by atoms with E-state index in [9.17, 15) is 0 Å². The molecule has 0 spiro atoms. The third kappa shape index (κ3) is 2.87. The van der Waals surface area contributed by atoms with E-state index in [1.54, 1.807) is 12.3 Å². The highest BCUT2D eigenvalue weighted by molar-refractivity contribution is 5.24. The minimum atomic E-state index is 0.550. The summed E-state index contributed by atoms with van der Waals surface area (Å²) in [5.41, 5.74) is 5.61. The molecule has 0 atom stereocenters. The van der Waals surface area contributed by atoms with Crippen LogP contribution in [0, 0.1) is 0 Å². The van der Waals surface area contributed by atoms with Gasteiger partial charge in [0.25, 0.3) is 0 Å². The van der Waals surface area contributed by atoms with Crippen LogP contribution in [0.3, 0.4) is 0 Å². The molecule has 15 heavy (non-hydrogen) atoms. The van der Waals surface area contributed by atoms with Crippen LogP contribution in [0.2, 0.25) is 0 Å². The molecule has 0 aliphatic carbocycles. The number of anilines is 1. The highest BCUT2D eigenvalue weighted by Gasteiger charge is 2.14. The lowest BCUT2D eigenvalue weighted by atomic mass is 10.3. The highest BCUT2D eigenvalue weighted by atomic mass is 15.3. The largest absolute Gasteiger partial charge is 0.384 e. The molecule has 0 amide bonds. The van der Waals surface area contributed by atoms with Crippen LogP contribution in [0.25, 0.3) is 0 Å². The van der Waals surface area contributed by atoms with E-state index in [0.717, 1.165) is 38.5 Å². The van der Waals surface area contributed by atoms with E-state index in [4.69, 9.17) is 5.73 Å². The maximum absolute atomic E-state index is 5.61. The summed E-state index contributed by atoms with van der Waals surface area (Å²) in [4.78, 5) is 13.1. The molecular weight excluding hydrogens is 190 g/mol. The van der Waals surface area contributed by atoms with Crippen LogP contribution < -0.4 is 5.73 Å². The number of nitrogen functional groups attached to an aromatic ring is 1. The molecule has 0 radical (unpaired) electrons. The van der Waals surface area contributed by atoms with Crippen LogP contribution in [0.1, 0.15) is 5.82 Å². The number of hydrogen-bond acceptors (Lipinski definition) is 5. The second kappa shape index (κ2) is 4.55. The Balaban J connectivity index is 1.92. The summed E-state index contributed by atoms with van der Waals surface area (Å²) in [7, 11) is 2.15. The number of likely N-dealkylation sites (N-methyl/N-ethyl adjacent to an activating group) is 1. The van der Waals surface area contributed by atoms with E-state index in [-0.39, 0.29) is 0 Å². The van der Waals surface area contributed by atoms with E-state index in [1.807, 2.05) is 0 Å². The van der Waals surface area contributed by atoms with Crippen LogP contribution in [-0.4, -0.2) is 53.0 Å². The standard InChI is InChI=1S/C10H17N5/c1-14-4-6-15(7-5-14)8-10-12-3-2-9(11)13-10/h2-3H,4-8H2,1H3,(H2,11,12,13). The van der Waals surface area contributed by atoms with Crippen LogP contribution in [0.15, 0.2) is 12.3 Å². The van der Waals surface area contributed by atoms with Crippen molar-refractivity contribution in [1.29, 1.82) is 0 Å². The van der Waals surface area contributed by atoms with Crippen LogP contribution in [0.5, 0.6) is 0 Å². The fraction of sp³-hybridized carbons (Fsp3) is 0.600. The first-order valence-electron chi connectivity index (χ1n) is 5.22. The lowest BCUT2D eigenvalue weighted by molar-refractivity contribution is 0.145. The van der Waals surface area contributed by atoms with Gasteiger partial charge in [0.15, 0.2) is 0 Å². The summed E-state index contributed by atoms with van der Waals surface area (Å²) in [6.07, 6.45) is 1.72. The smallest absolute Gasteiger partial charge is 0.144 e. The van der Waals surface area contributed by atoms with Crippen molar-refractivity contribution in [2.75, 3.05) is 39.0 Å². The number of piperazine rings is 1. The predicted octanol–water partition coefficient (Wildman–Crippen LogP) is -0.194. The topological polar surface area (TPSA) is 58.3 Å². The van der Waals surface area contributed by atoms with Crippen molar-refractivity contribution in [2.24, 2.45) is 0 Å². The van der Waals surface area contributed by atoms with Gasteiger partial charge in [0.05, 0.1) is 6.54 Å². The normalized spacial score (nSPS) is 19.3. The molecule has 0 aromatic carbocycles. The van der Waals surface area contributed by atoms with Crippen molar-refractivity contribution in [3.8, 4) is 0 Å². The zero-order valence-electron chi connectivity index (χ0n) is 9.06. The molecule has 2 heterocycles. The zero-order valence-corrected chi connectivity index (χ0v) is 9.06. The third-order valence-corrected chi connectivity index (χ3v) is 2.69. The van der Waals surface area contributed by atoms with Crippen molar-refractivity contribution in [2.45, 2.75) is 6.54 Å². The summed E-state index contributed by atoms with van der Waals surface area (Å²) in [6, 6.07) is 1.72. The Bertz CT molecular complexity index is 319. The fourth-order valence-electron chi connectivity index (χ4n) is 1.70. The fourth-order valence-corrected chi connectivity index (χ4v) is 1.70.